The molecule has 1 aromatic carbocycles. The van der Waals surface area contributed by atoms with Gasteiger partial charge in [0.1, 0.15) is 5.76 Å². The number of allylic oxidation sites excluding steroid dienone is 1. The molecule has 0 unspecified atom stereocenters. The third-order valence-corrected chi connectivity index (χ3v) is 3.07. The molecule has 0 bridgehead atoms. The predicted octanol–water partition coefficient (Wildman–Crippen LogP) is 3.79. The molecule has 3 rings (SSSR count). The first-order valence-corrected chi connectivity index (χ1v) is 6.29. The zero-order valence-electron chi connectivity index (χ0n) is 11.3. The van der Waals surface area contributed by atoms with Gasteiger partial charge in [-0.05, 0) is 30.7 Å². The molecule has 0 N–H and O–H groups in total. The summed E-state index contributed by atoms with van der Waals surface area (Å²) in [6.45, 7) is 1.98. The zero-order valence-corrected chi connectivity index (χ0v) is 11.3. The quantitative estimate of drug-likeness (QED) is 0.723. The summed E-state index contributed by atoms with van der Waals surface area (Å²) in [4.78, 5) is 8.33. The van der Waals surface area contributed by atoms with Crippen LogP contribution >= 0.6 is 0 Å². The summed E-state index contributed by atoms with van der Waals surface area (Å²) in [5.74, 6) is 1.51. The molecule has 0 spiro atoms. The van der Waals surface area contributed by atoms with E-state index in [1.54, 1.807) is 25.7 Å². The molecule has 0 amide bonds. The van der Waals surface area contributed by atoms with E-state index in [1.165, 1.54) is 0 Å². The smallest absolute Gasteiger partial charge is 0.176 e. The number of benzene rings is 1. The molecule has 4 nitrogen and oxygen atoms in total. The molecule has 0 atom stereocenters. The van der Waals surface area contributed by atoms with E-state index in [-0.39, 0.29) is 0 Å². The first kappa shape index (κ1) is 12.4. The molecule has 0 radical (unpaired) electrons. The van der Waals surface area contributed by atoms with Crippen LogP contribution < -0.4 is 4.74 Å². The van der Waals surface area contributed by atoms with Crippen molar-refractivity contribution in [2.24, 2.45) is 0 Å². The van der Waals surface area contributed by atoms with Crippen molar-refractivity contribution in [2.75, 3.05) is 7.11 Å². The topological polar surface area (TPSA) is 48.2 Å². The van der Waals surface area contributed by atoms with Gasteiger partial charge in [0.05, 0.1) is 19.0 Å². The summed E-state index contributed by atoms with van der Waals surface area (Å²) in [6.07, 6.45) is 7.01. The van der Waals surface area contributed by atoms with Crippen molar-refractivity contribution in [3.8, 4) is 5.75 Å². The number of hydrogen-bond donors (Lipinski definition) is 0. The number of aromatic nitrogens is 2. The number of methoxy groups -OCH3 is 1. The Morgan fingerprint density at radius 1 is 1.30 bits per heavy atom. The van der Waals surface area contributed by atoms with Gasteiger partial charge in [-0.15, -0.1) is 0 Å². The minimum atomic E-state index is 0.735. The van der Waals surface area contributed by atoms with Crippen molar-refractivity contribution < 1.29 is 9.15 Å². The lowest BCUT2D eigenvalue weighted by Crippen LogP contribution is -1.85. The first-order chi connectivity index (χ1) is 9.78. The third-order valence-electron chi connectivity index (χ3n) is 3.07. The number of nitrogens with zero attached hydrogens (tertiary/aromatic N) is 2. The van der Waals surface area contributed by atoms with Crippen LogP contribution in [0.1, 0.15) is 18.4 Å². The SMILES string of the molecule is COc1cccc2cc(/C=C(/C)c3cnccn3)oc12. The average Bonchev–Trinajstić information content (AvgIpc) is 2.90. The van der Waals surface area contributed by atoms with E-state index in [0.29, 0.717) is 0 Å². The van der Waals surface area contributed by atoms with Gasteiger partial charge in [0.15, 0.2) is 11.3 Å². The molecule has 100 valence electrons. The minimum absolute atomic E-state index is 0.735. The van der Waals surface area contributed by atoms with Gasteiger partial charge in [-0.2, -0.15) is 0 Å². The summed E-state index contributed by atoms with van der Waals surface area (Å²) in [6, 6.07) is 7.81. The van der Waals surface area contributed by atoms with Crippen LogP contribution in [0.4, 0.5) is 0 Å². The number of hydrogen-bond acceptors (Lipinski definition) is 4. The van der Waals surface area contributed by atoms with Crippen molar-refractivity contribution in [3.05, 3.63) is 54.3 Å². The van der Waals surface area contributed by atoms with Crippen molar-refractivity contribution in [1.29, 1.82) is 0 Å². The van der Waals surface area contributed by atoms with Crippen LogP contribution in [-0.4, -0.2) is 17.1 Å². The Bertz CT molecular complexity index is 761. The third kappa shape index (κ3) is 2.28. The Balaban J connectivity index is 2.03. The van der Waals surface area contributed by atoms with Crippen LogP contribution in [0.2, 0.25) is 0 Å². The molecule has 3 aromatic rings. The highest BCUT2D eigenvalue weighted by Gasteiger charge is 2.07. The van der Waals surface area contributed by atoms with Crippen molar-refractivity contribution in [3.63, 3.8) is 0 Å². The summed E-state index contributed by atoms with van der Waals surface area (Å²) in [7, 11) is 1.64. The van der Waals surface area contributed by atoms with Crippen LogP contribution in [0.5, 0.6) is 5.75 Å². The summed E-state index contributed by atoms with van der Waals surface area (Å²) >= 11 is 0. The standard InChI is InChI=1S/C16H14N2O2/c1-11(14-10-17-6-7-18-14)8-13-9-12-4-3-5-15(19-2)16(12)20-13/h3-10H,1-2H3/b11-8-. The maximum Gasteiger partial charge on any atom is 0.176 e. The zero-order chi connectivity index (χ0) is 13.9. The fourth-order valence-corrected chi connectivity index (χ4v) is 2.08. The second-order valence-corrected chi connectivity index (χ2v) is 4.45. The molecule has 0 saturated heterocycles. The number of para-hydroxylation sites is 1. The first-order valence-electron chi connectivity index (χ1n) is 6.29. The summed E-state index contributed by atoms with van der Waals surface area (Å²) < 4.78 is 11.1. The van der Waals surface area contributed by atoms with Gasteiger partial charge in [-0.1, -0.05) is 12.1 Å². The van der Waals surface area contributed by atoms with Gasteiger partial charge in [-0.25, -0.2) is 0 Å². The van der Waals surface area contributed by atoms with Gasteiger partial charge in [0, 0.05) is 17.8 Å². The maximum absolute atomic E-state index is 5.83. The highest BCUT2D eigenvalue weighted by Crippen LogP contribution is 2.29. The van der Waals surface area contributed by atoms with Gasteiger partial charge < -0.3 is 9.15 Å². The van der Waals surface area contributed by atoms with E-state index in [1.807, 2.05) is 37.3 Å². The highest BCUT2D eigenvalue weighted by molar-refractivity contribution is 5.87. The molecule has 4 heteroatoms. The van der Waals surface area contributed by atoms with Crippen LogP contribution in [0, 0.1) is 0 Å². The van der Waals surface area contributed by atoms with Crippen LogP contribution in [-0.2, 0) is 0 Å². The minimum Gasteiger partial charge on any atom is -0.493 e. The summed E-state index contributed by atoms with van der Waals surface area (Å²) in [5, 5.41) is 1.02. The molecule has 20 heavy (non-hydrogen) atoms. The lowest BCUT2D eigenvalue weighted by Gasteiger charge is -1.99. The molecular formula is C16H14N2O2. The Hall–Kier alpha value is -2.62. The lowest BCUT2D eigenvalue weighted by atomic mass is 10.2. The maximum atomic E-state index is 5.83. The van der Waals surface area contributed by atoms with E-state index in [4.69, 9.17) is 9.15 Å². The molecule has 0 aliphatic heterocycles. The molecule has 0 aliphatic rings. The molecule has 0 fully saturated rings. The molecule has 2 heterocycles. The van der Waals surface area contributed by atoms with Crippen LogP contribution in [0.15, 0.2) is 47.3 Å². The van der Waals surface area contributed by atoms with Crippen molar-refractivity contribution in [2.45, 2.75) is 6.92 Å². The summed E-state index contributed by atoms with van der Waals surface area (Å²) in [5.41, 5.74) is 2.59. The van der Waals surface area contributed by atoms with Gasteiger partial charge >= 0.3 is 0 Å². The molecule has 0 aliphatic carbocycles. The lowest BCUT2D eigenvalue weighted by molar-refractivity contribution is 0.410. The van der Waals surface area contributed by atoms with Gasteiger partial charge in [-0.3, -0.25) is 9.97 Å². The second kappa shape index (κ2) is 5.17. The van der Waals surface area contributed by atoms with Crippen LogP contribution in [0.3, 0.4) is 0 Å². The number of rotatable bonds is 3. The normalized spacial score (nSPS) is 11.8. The number of furan rings is 1. The Morgan fingerprint density at radius 2 is 2.20 bits per heavy atom. The van der Waals surface area contributed by atoms with Gasteiger partial charge in [0.25, 0.3) is 0 Å². The molecular weight excluding hydrogens is 252 g/mol. The highest BCUT2D eigenvalue weighted by atomic mass is 16.5. The Kier molecular flexibility index (Phi) is 3.21. The Morgan fingerprint density at radius 3 is 2.95 bits per heavy atom. The monoisotopic (exact) mass is 266 g/mol. The molecule has 0 saturated carbocycles. The Labute approximate surface area is 116 Å². The van der Waals surface area contributed by atoms with Gasteiger partial charge in [0.2, 0.25) is 0 Å². The van der Waals surface area contributed by atoms with Crippen molar-refractivity contribution in [1.82, 2.24) is 9.97 Å². The number of ether oxygens (including phenoxy) is 1. The predicted molar refractivity (Wildman–Crippen MR) is 78.3 cm³/mol. The fourth-order valence-electron chi connectivity index (χ4n) is 2.08. The fraction of sp³-hybridized carbons (Fsp3) is 0.125. The van der Waals surface area contributed by atoms with E-state index in [9.17, 15) is 0 Å². The number of fused-ring (bicyclic) bond motifs is 1. The largest absolute Gasteiger partial charge is 0.493 e. The van der Waals surface area contributed by atoms with E-state index in [0.717, 1.165) is 33.7 Å². The van der Waals surface area contributed by atoms with E-state index < -0.39 is 0 Å². The second-order valence-electron chi connectivity index (χ2n) is 4.45. The average molecular weight is 266 g/mol. The van der Waals surface area contributed by atoms with Crippen molar-refractivity contribution >= 4 is 22.6 Å². The molecule has 2 aromatic heterocycles. The van der Waals surface area contributed by atoms with E-state index >= 15 is 0 Å². The van der Waals surface area contributed by atoms with E-state index in [2.05, 4.69) is 9.97 Å². The van der Waals surface area contributed by atoms with Crippen LogP contribution in [0.25, 0.3) is 22.6 Å².